The van der Waals surface area contributed by atoms with E-state index in [4.69, 9.17) is 0 Å². The quantitative estimate of drug-likeness (QED) is 0.636. The fraction of sp³-hybridized carbons (Fsp3) is 0.400. The number of nitriles is 1. The van der Waals surface area contributed by atoms with Gasteiger partial charge in [-0.15, -0.1) is 15.0 Å². The van der Waals surface area contributed by atoms with E-state index in [-0.39, 0.29) is 17.1 Å². The van der Waals surface area contributed by atoms with Gasteiger partial charge in [-0.05, 0) is 24.8 Å². The minimum absolute atomic E-state index is 0.0918. The SMILES string of the molecule is CC1CCN(c2nn(-c3ccccc3[N+](=O)[O-])nc2C#N)CC1. The van der Waals surface area contributed by atoms with Gasteiger partial charge in [0.1, 0.15) is 6.07 Å². The summed E-state index contributed by atoms with van der Waals surface area (Å²) in [5.74, 6) is 1.15. The Labute approximate surface area is 133 Å². The topological polar surface area (TPSA) is 101 Å². The maximum absolute atomic E-state index is 11.2. The average molecular weight is 312 g/mol. The van der Waals surface area contributed by atoms with Crippen LogP contribution in [0.15, 0.2) is 24.3 Å². The van der Waals surface area contributed by atoms with Crippen LogP contribution in [0.4, 0.5) is 11.5 Å². The van der Waals surface area contributed by atoms with E-state index >= 15 is 0 Å². The van der Waals surface area contributed by atoms with Gasteiger partial charge in [0.05, 0.1) is 4.92 Å². The highest BCUT2D eigenvalue weighted by atomic mass is 16.6. The minimum atomic E-state index is -0.479. The van der Waals surface area contributed by atoms with E-state index in [1.807, 2.05) is 11.0 Å². The summed E-state index contributed by atoms with van der Waals surface area (Å²) in [6.45, 7) is 3.82. The first-order valence-corrected chi connectivity index (χ1v) is 7.46. The Hall–Kier alpha value is -2.95. The van der Waals surface area contributed by atoms with Crippen molar-refractivity contribution in [3.63, 3.8) is 0 Å². The highest BCUT2D eigenvalue weighted by molar-refractivity contribution is 5.54. The molecule has 0 saturated carbocycles. The van der Waals surface area contributed by atoms with Gasteiger partial charge in [-0.1, -0.05) is 19.1 Å². The average Bonchev–Trinajstić information content (AvgIpc) is 2.99. The Morgan fingerprint density at radius 1 is 1.30 bits per heavy atom. The third-order valence-corrected chi connectivity index (χ3v) is 4.08. The minimum Gasteiger partial charge on any atom is -0.353 e. The molecule has 0 spiro atoms. The second kappa shape index (κ2) is 6.04. The molecule has 0 unspecified atom stereocenters. The van der Waals surface area contributed by atoms with Crippen LogP contribution in [0.1, 0.15) is 25.5 Å². The lowest BCUT2D eigenvalue weighted by Crippen LogP contribution is -2.33. The van der Waals surface area contributed by atoms with Crippen LogP contribution >= 0.6 is 0 Å². The standard InChI is InChI=1S/C15H16N6O2/c1-11-6-8-19(9-7-11)15-12(10-16)17-20(18-15)13-4-2-3-5-14(13)21(22)23/h2-5,11H,6-9H2,1H3. The van der Waals surface area contributed by atoms with Crippen LogP contribution in [0.2, 0.25) is 0 Å². The molecule has 1 saturated heterocycles. The third-order valence-electron chi connectivity index (χ3n) is 4.08. The number of anilines is 1. The summed E-state index contributed by atoms with van der Waals surface area (Å²) < 4.78 is 0. The van der Waals surface area contributed by atoms with E-state index in [1.165, 1.54) is 10.9 Å². The number of hydrogen-bond acceptors (Lipinski definition) is 6. The van der Waals surface area contributed by atoms with Crippen molar-refractivity contribution in [1.29, 1.82) is 5.26 Å². The molecule has 1 aromatic carbocycles. The lowest BCUT2D eigenvalue weighted by atomic mass is 9.99. The summed E-state index contributed by atoms with van der Waals surface area (Å²) in [5, 5.41) is 29.0. The first-order chi connectivity index (χ1) is 11.1. The first kappa shape index (κ1) is 15.0. The fourth-order valence-corrected chi connectivity index (χ4v) is 2.70. The van der Waals surface area contributed by atoms with Crippen molar-refractivity contribution in [3.05, 3.63) is 40.1 Å². The van der Waals surface area contributed by atoms with E-state index in [0.717, 1.165) is 25.9 Å². The molecule has 0 amide bonds. The molecule has 0 atom stereocenters. The molecule has 0 radical (unpaired) electrons. The largest absolute Gasteiger partial charge is 0.353 e. The van der Waals surface area contributed by atoms with Gasteiger partial charge in [0, 0.05) is 19.2 Å². The van der Waals surface area contributed by atoms with Crippen LogP contribution in [0.5, 0.6) is 0 Å². The molecular weight excluding hydrogens is 296 g/mol. The Kier molecular flexibility index (Phi) is 3.93. The molecule has 0 aliphatic carbocycles. The van der Waals surface area contributed by atoms with Gasteiger partial charge in [0.15, 0.2) is 11.5 Å². The second-order valence-electron chi connectivity index (χ2n) is 5.69. The van der Waals surface area contributed by atoms with Crippen molar-refractivity contribution < 1.29 is 4.92 Å². The summed E-state index contributed by atoms with van der Waals surface area (Å²) in [4.78, 5) is 13.9. The van der Waals surface area contributed by atoms with Crippen molar-refractivity contribution >= 4 is 11.5 Å². The number of nitro benzene ring substituents is 1. The molecule has 1 aliphatic rings. The number of piperidine rings is 1. The maximum Gasteiger partial charge on any atom is 0.296 e. The van der Waals surface area contributed by atoms with E-state index in [1.54, 1.807) is 18.2 Å². The first-order valence-electron chi connectivity index (χ1n) is 7.46. The number of para-hydroxylation sites is 2. The fourth-order valence-electron chi connectivity index (χ4n) is 2.70. The molecule has 0 N–H and O–H groups in total. The summed E-state index contributed by atoms with van der Waals surface area (Å²) in [6, 6.07) is 8.27. The normalized spacial score (nSPS) is 15.4. The van der Waals surface area contributed by atoms with Crippen molar-refractivity contribution in [2.24, 2.45) is 5.92 Å². The maximum atomic E-state index is 11.2. The van der Waals surface area contributed by atoms with Crippen LogP contribution in [-0.2, 0) is 0 Å². The molecule has 2 aromatic rings. The molecular formula is C15H16N6O2. The smallest absolute Gasteiger partial charge is 0.296 e. The van der Waals surface area contributed by atoms with Crippen LogP contribution < -0.4 is 4.90 Å². The summed E-state index contributed by atoms with van der Waals surface area (Å²) >= 11 is 0. The predicted octanol–water partition coefficient (Wildman–Crippen LogP) is 2.28. The van der Waals surface area contributed by atoms with Crippen LogP contribution in [0.3, 0.4) is 0 Å². The zero-order valence-corrected chi connectivity index (χ0v) is 12.7. The zero-order chi connectivity index (χ0) is 16.4. The highest BCUT2D eigenvalue weighted by Gasteiger charge is 2.24. The van der Waals surface area contributed by atoms with Crippen molar-refractivity contribution in [2.75, 3.05) is 18.0 Å². The Morgan fingerprint density at radius 2 is 2.00 bits per heavy atom. The van der Waals surface area contributed by atoms with E-state index in [2.05, 4.69) is 17.1 Å². The molecule has 0 bridgehead atoms. The van der Waals surface area contributed by atoms with E-state index in [0.29, 0.717) is 11.7 Å². The van der Waals surface area contributed by atoms with Gasteiger partial charge in [-0.3, -0.25) is 10.1 Å². The zero-order valence-electron chi connectivity index (χ0n) is 12.7. The van der Waals surface area contributed by atoms with Crippen LogP contribution in [0.25, 0.3) is 5.69 Å². The van der Waals surface area contributed by atoms with E-state index in [9.17, 15) is 15.4 Å². The molecule has 23 heavy (non-hydrogen) atoms. The molecule has 1 aromatic heterocycles. The van der Waals surface area contributed by atoms with Crippen LogP contribution in [0, 0.1) is 27.4 Å². The molecule has 1 aliphatic heterocycles. The number of benzene rings is 1. The monoisotopic (exact) mass is 312 g/mol. The van der Waals surface area contributed by atoms with E-state index < -0.39 is 4.92 Å². The lowest BCUT2D eigenvalue weighted by molar-refractivity contribution is -0.384. The molecule has 8 heteroatoms. The van der Waals surface area contributed by atoms with Gasteiger partial charge in [-0.2, -0.15) is 5.26 Å². The summed E-state index contributed by atoms with van der Waals surface area (Å²) in [5.41, 5.74) is 0.356. The number of nitro groups is 1. The number of aromatic nitrogens is 3. The van der Waals surface area contributed by atoms with Crippen molar-refractivity contribution in [2.45, 2.75) is 19.8 Å². The Morgan fingerprint density at radius 3 is 2.65 bits per heavy atom. The molecule has 8 nitrogen and oxygen atoms in total. The number of rotatable bonds is 3. The van der Waals surface area contributed by atoms with Gasteiger partial charge >= 0.3 is 0 Å². The summed E-state index contributed by atoms with van der Waals surface area (Å²) in [7, 11) is 0. The van der Waals surface area contributed by atoms with Crippen LogP contribution in [-0.4, -0.2) is 33.0 Å². The summed E-state index contributed by atoms with van der Waals surface area (Å²) in [6.07, 6.45) is 2.06. The highest BCUT2D eigenvalue weighted by Crippen LogP contribution is 2.26. The number of nitrogens with zero attached hydrogens (tertiary/aromatic N) is 6. The molecule has 3 rings (SSSR count). The molecule has 1 fully saturated rings. The Balaban J connectivity index is 2.00. The number of hydrogen-bond donors (Lipinski definition) is 0. The van der Waals surface area contributed by atoms with Gasteiger partial charge in [0.2, 0.25) is 5.69 Å². The molecule has 2 heterocycles. The predicted molar refractivity (Wildman–Crippen MR) is 83.3 cm³/mol. The van der Waals surface area contributed by atoms with Gasteiger partial charge in [0.25, 0.3) is 5.69 Å². The van der Waals surface area contributed by atoms with Gasteiger partial charge < -0.3 is 4.90 Å². The molecule has 118 valence electrons. The van der Waals surface area contributed by atoms with Crippen molar-refractivity contribution in [3.8, 4) is 11.8 Å². The Bertz CT molecular complexity index is 771. The second-order valence-corrected chi connectivity index (χ2v) is 5.69. The lowest BCUT2D eigenvalue weighted by Gasteiger charge is -2.29. The van der Waals surface area contributed by atoms with Crippen molar-refractivity contribution in [1.82, 2.24) is 15.0 Å². The van der Waals surface area contributed by atoms with Gasteiger partial charge in [-0.25, -0.2) is 0 Å². The third kappa shape index (κ3) is 2.85.